The van der Waals surface area contributed by atoms with Crippen LogP contribution in [0.5, 0.6) is 0 Å². The van der Waals surface area contributed by atoms with E-state index < -0.39 is 23.5 Å². The highest BCUT2D eigenvalue weighted by Gasteiger charge is 2.34. The molecule has 1 aliphatic carbocycles. The molecule has 248 valence electrons. The van der Waals surface area contributed by atoms with Crippen LogP contribution >= 0.6 is 0 Å². The van der Waals surface area contributed by atoms with Gasteiger partial charge in [0.05, 0.1) is 66.8 Å². The molecule has 15 heteroatoms. The van der Waals surface area contributed by atoms with E-state index in [2.05, 4.69) is 26.6 Å². The SMILES string of the molecule is Cc1c(-c2ccnn2-c2ccc(C#N)cc2)n(C(=O)NC2CCC(C[N+](C)(C)c3ncon3)CC2)c(=O)n1-c1cccc(C(F)(F)F)c1. The Morgan fingerprint density at radius 2 is 1.81 bits per heavy atom. The number of nitrogens with zero attached hydrogens (tertiary/aromatic N) is 8. The average Bonchev–Trinajstić information content (AvgIpc) is 3.82. The molecular formula is C33H33F3N9O3+. The van der Waals surface area contributed by atoms with Gasteiger partial charge in [0.15, 0.2) is 0 Å². The number of halogens is 3. The fourth-order valence-corrected chi connectivity index (χ4v) is 6.47. The molecule has 5 aromatic rings. The molecule has 0 bridgehead atoms. The van der Waals surface area contributed by atoms with Crippen LogP contribution in [0.25, 0.3) is 22.8 Å². The Morgan fingerprint density at radius 3 is 2.46 bits per heavy atom. The Morgan fingerprint density at radius 1 is 1.08 bits per heavy atom. The molecule has 0 spiro atoms. The maximum atomic E-state index is 14.1. The number of hydrogen-bond donors (Lipinski definition) is 1. The third kappa shape index (κ3) is 6.26. The first-order chi connectivity index (χ1) is 22.9. The summed E-state index contributed by atoms with van der Waals surface area (Å²) in [5.41, 5.74) is -0.0134. The predicted molar refractivity (Wildman–Crippen MR) is 170 cm³/mol. The third-order valence-electron chi connectivity index (χ3n) is 8.83. The fraction of sp³-hybridized carbons (Fsp3) is 0.333. The van der Waals surface area contributed by atoms with Crippen molar-refractivity contribution in [2.75, 3.05) is 20.6 Å². The van der Waals surface area contributed by atoms with E-state index in [1.54, 1.807) is 37.3 Å². The maximum absolute atomic E-state index is 14.1. The molecular weight excluding hydrogens is 627 g/mol. The van der Waals surface area contributed by atoms with Gasteiger partial charge in [-0.15, -0.1) is 4.98 Å². The first-order valence-corrected chi connectivity index (χ1v) is 15.3. The van der Waals surface area contributed by atoms with Crippen molar-refractivity contribution in [2.45, 2.75) is 44.8 Å². The number of carbonyl (C=O) groups excluding carboxylic acids is 1. The van der Waals surface area contributed by atoms with E-state index in [4.69, 9.17) is 4.52 Å². The van der Waals surface area contributed by atoms with Crippen molar-refractivity contribution < 1.29 is 22.5 Å². The fourth-order valence-electron chi connectivity index (χ4n) is 6.47. The maximum Gasteiger partial charge on any atom is 0.416 e. The molecule has 6 rings (SSSR count). The standard InChI is InChI=1S/C33H32F3N9O3/c1-21-29(28-15-16-39-44(28)26-13-9-22(18-37)10-14-26)43(32(47)42(21)27-6-4-5-24(17-27)33(34,35)36)31(46)40-25-11-7-23(8-12-25)19-45(2,3)30-38-20-48-41-30/h4-6,9-10,13-17,20,23,25H,7-8,11-12,19H2,1-3H3/p+1. The van der Waals surface area contributed by atoms with Crippen molar-refractivity contribution in [2.24, 2.45) is 5.92 Å². The molecule has 3 aromatic heterocycles. The van der Waals surface area contributed by atoms with Crippen LogP contribution in [0.15, 0.2) is 76.5 Å². The molecule has 0 radical (unpaired) electrons. The summed E-state index contributed by atoms with van der Waals surface area (Å²) in [6, 6.07) is 13.8. The third-order valence-corrected chi connectivity index (χ3v) is 8.83. The van der Waals surface area contributed by atoms with Crippen LogP contribution in [0.3, 0.4) is 0 Å². The number of rotatable bonds is 7. The number of imidazole rings is 1. The zero-order valence-electron chi connectivity index (χ0n) is 26.5. The molecule has 0 aliphatic heterocycles. The molecule has 2 aromatic carbocycles. The summed E-state index contributed by atoms with van der Waals surface area (Å²) >= 11 is 0. The molecule has 1 fully saturated rings. The lowest BCUT2D eigenvalue weighted by Crippen LogP contribution is -2.48. The number of aromatic nitrogens is 6. The lowest BCUT2D eigenvalue weighted by Gasteiger charge is -2.34. The van der Waals surface area contributed by atoms with Gasteiger partial charge in [0.2, 0.25) is 6.39 Å². The monoisotopic (exact) mass is 660 g/mol. The van der Waals surface area contributed by atoms with E-state index in [1.165, 1.54) is 29.4 Å². The molecule has 0 unspecified atom stereocenters. The van der Waals surface area contributed by atoms with Crippen molar-refractivity contribution in [1.29, 1.82) is 5.26 Å². The minimum atomic E-state index is -4.64. The quantitative estimate of drug-likeness (QED) is 0.229. The van der Waals surface area contributed by atoms with Crippen LogP contribution in [0, 0.1) is 24.2 Å². The van der Waals surface area contributed by atoms with Gasteiger partial charge in [0, 0.05) is 17.1 Å². The number of nitrogens with one attached hydrogen (secondary N) is 1. The molecule has 0 atom stereocenters. The van der Waals surface area contributed by atoms with Gasteiger partial charge in [-0.1, -0.05) is 6.07 Å². The number of hydrogen-bond acceptors (Lipinski definition) is 7. The zero-order valence-corrected chi connectivity index (χ0v) is 26.5. The van der Waals surface area contributed by atoms with Crippen LogP contribution in [-0.2, 0) is 6.18 Å². The van der Waals surface area contributed by atoms with Crippen LogP contribution in [-0.4, -0.2) is 61.8 Å². The van der Waals surface area contributed by atoms with E-state index in [9.17, 15) is 28.0 Å². The van der Waals surface area contributed by atoms with Crippen LogP contribution in [0.4, 0.5) is 23.9 Å². The number of amides is 1. The minimum absolute atomic E-state index is 0.0348. The molecule has 1 aliphatic rings. The lowest BCUT2D eigenvalue weighted by molar-refractivity contribution is -0.137. The highest BCUT2D eigenvalue weighted by atomic mass is 19.4. The lowest BCUT2D eigenvalue weighted by atomic mass is 9.85. The van der Waals surface area contributed by atoms with Crippen molar-refractivity contribution in [3.8, 4) is 28.8 Å². The second-order valence-electron chi connectivity index (χ2n) is 12.5. The average molecular weight is 661 g/mol. The number of carbonyl (C=O) groups is 1. The summed E-state index contributed by atoms with van der Waals surface area (Å²) in [5, 5.41) is 20.6. The first kappa shape index (κ1) is 32.5. The summed E-state index contributed by atoms with van der Waals surface area (Å²) in [6.07, 6.45) is 1.15. The topological polar surface area (TPSA) is 137 Å². The van der Waals surface area contributed by atoms with Crippen molar-refractivity contribution in [3.05, 3.63) is 94.5 Å². The van der Waals surface area contributed by atoms with Gasteiger partial charge in [0.25, 0.3) is 0 Å². The van der Waals surface area contributed by atoms with Crippen molar-refractivity contribution in [1.82, 2.24) is 38.9 Å². The largest absolute Gasteiger partial charge is 0.416 e. The highest BCUT2D eigenvalue weighted by Crippen LogP contribution is 2.33. The second kappa shape index (κ2) is 12.6. The number of benzene rings is 2. The molecule has 12 nitrogen and oxygen atoms in total. The summed E-state index contributed by atoms with van der Waals surface area (Å²) in [4.78, 5) is 32.3. The van der Waals surface area contributed by atoms with Gasteiger partial charge in [-0.2, -0.15) is 23.5 Å². The van der Waals surface area contributed by atoms with E-state index in [1.807, 2.05) is 14.1 Å². The number of nitriles is 1. The highest BCUT2D eigenvalue weighted by molar-refractivity contribution is 5.83. The van der Waals surface area contributed by atoms with E-state index in [0.29, 0.717) is 46.1 Å². The summed E-state index contributed by atoms with van der Waals surface area (Å²) in [5.74, 6) is 0.925. The Labute approximate surface area is 273 Å². The second-order valence-corrected chi connectivity index (χ2v) is 12.5. The summed E-state index contributed by atoms with van der Waals surface area (Å²) in [7, 11) is 4.01. The minimum Gasteiger partial charge on any atom is -0.338 e. The van der Waals surface area contributed by atoms with Gasteiger partial charge >= 0.3 is 23.8 Å². The Bertz CT molecular complexity index is 2030. The Balaban J connectivity index is 1.34. The molecule has 1 N–H and O–H groups in total. The van der Waals surface area contributed by atoms with Crippen LogP contribution < -0.4 is 15.5 Å². The summed E-state index contributed by atoms with van der Waals surface area (Å²) < 4.78 is 50.0. The summed E-state index contributed by atoms with van der Waals surface area (Å²) in [6.45, 7) is 2.36. The Hall–Kier alpha value is -5.49. The molecule has 0 saturated heterocycles. The zero-order chi connectivity index (χ0) is 34.2. The van der Waals surface area contributed by atoms with E-state index in [0.717, 1.165) is 40.7 Å². The van der Waals surface area contributed by atoms with Crippen molar-refractivity contribution >= 4 is 12.0 Å². The number of quaternary nitrogens is 1. The van der Waals surface area contributed by atoms with Gasteiger partial charge in [0.1, 0.15) is 5.69 Å². The van der Waals surface area contributed by atoms with Crippen molar-refractivity contribution in [3.63, 3.8) is 0 Å². The van der Waals surface area contributed by atoms with Crippen LogP contribution in [0.2, 0.25) is 0 Å². The molecule has 1 saturated carbocycles. The van der Waals surface area contributed by atoms with Gasteiger partial charge in [-0.05, 0) is 81.1 Å². The predicted octanol–water partition coefficient (Wildman–Crippen LogP) is 5.46. The smallest absolute Gasteiger partial charge is 0.338 e. The number of alkyl halides is 3. The normalized spacial score (nSPS) is 16.9. The molecule has 3 heterocycles. The Kier molecular flexibility index (Phi) is 8.52. The van der Waals surface area contributed by atoms with Gasteiger partial charge in [-0.25, -0.2) is 18.8 Å². The van der Waals surface area contributed by atoms with Gasteiger partial charge < -0.3 is 9.84 Å². The van der Waals surface area contributed by atoms with Gasteiger partial charge in [-0.3, -0.25) is 9.05 Å². The first-order valence-electron chi connectivity index (χ1n) is 15.3. The van der Waals surface area contributed by atoms with E-state index >= 15 is 0 Å². The molecule has 1 amide bonds. The van der Waals surface area contributed by atoms with E-state index in [-0.39, 0.29) is 23.1 Å². The van der Waals surface area contributed by atoms with Crippen LogP contribution in [0.1, 0.15) is 42.5 Å². The molecule has 48 heavy (non-hydrogen) atoms.